The fourth-order valence-corrected chi connectivity index (χ4v) is 9.04. The zero-order valence-electron chi connectivity index (χ0n) is 53.7. The van der Waals surface area contributed by atoms with Crippen molar-refractivity contribution in [2.24, 2.45) is 16.2 Å². The van der Waals surface area contributed by atoms with Gasteiger partial charge in [-0.2, -0.15) is 0 Å². The van der Waals surface area contributed by atoms with Crippen molar-refractivity contribution in [1.82, 2.24) is 4.90 Å². The van der Waals surface area contributed by atoms with Crippen molar-refractivity contribution in [2.75, 3.05) is 20.4 Å². The largest absolute Gasteiger partial charge is 0.469 e. The summed E-state index contributed by atoms with van der Waals surface area (Å²) in [5.41, 5.74) is 5.80. The molecular formula is C71H110F3NO4. The molecule has 1 aliphatic carbocycles. The number of ether oxygens (including phenoxy) is 3. The van der Waals surface area contributed by atoms with E-state index < -0.39 is 0 Å². The zero-order valence-corrected chi connectivity index (χ0v) is 53.7. The maximum Gasteiger partial charge on any atom is 0.231 e. The first kappa shape index (κ1) is 70.6. The number of furan rings is 1. The van der Waals surface area contributed by atoms with Crippen LogP contribution < -0.4 is 9.47 Å². The SMILES string of the molecule is CC(C)(C)CC1CCCO1.CC(C)(C)Cc1ccc(F)cc1.CC(C)(C)Cc1ccco1.CC(C)(C)c1ccc2c(c1)OCO2.CC(C)(C)c1cccc(F)c1.CC(C)(C)c1ccccc1F.CN(C1CCCCC1)C(C)(C)C. The summed E-state index contributed by atoms with van der Waals surface area (Å²) in [6.45, 7) is 47.0. The summed E-state index contributed by atoms with van der Waals surface area (Å²) in [6.07, 6.45) is 15.2. The summed E-state index contributed by atoms with van der Waals surface area (Å²) < 4.78 is 59.6. The monoisotopic (exact) mass is 1100 g/mol. The summed E-state index contributed by atoms with van der Waals surface area (Å²) in [5.74, 6) is 2.37. The maximum absolute atomic E-state index is 13.1. The molecule has 0 spiro atoms. The first-order valence-electron chi connectivity index (χ1n) is 29.3. The molecule has 79 heavy (non-hydrogen) atoms. The van der Waals surface area contributed by atoms with Gasteiger partial charge in [-0.25, -0.2) is 13.2 Å². The van der Waals surface area contributed by atoms with Crippen molar-refractivity contribution in [3.8, 4) is 11.5 Å². The van der Waals surface area contributed by atoms with E-state index in [2.05, 4.69) is 149 Å². The van der Waals surface area contributed by atoms with E-state index in [1.807, 2.05) is 69.3 Å². The lowest BCUT2D eigenvalue weighted by Gasteiger charge is -2.40. The van der Waals surface area contributed by atoms with Gasteiger partial charge < -0.3 is 18.6 Å². The number of halogens is 3. The molecule has 0 amide bonds. The average molecular weight is 1100 g/mol. The molecule has 1 saturated carbocycles. The van der Waals surface area contributed by atoms with Crippen molar-refractivity contribution >= 4 is 0 Å². The van der Waals surface area contributed by atoms with Crippen LogP contribution in [0.3, 0.4) is 0 Å². The molecule has 1 aromatic heterocycles. The number of benzene rings is 4. The molecule has 5 nitrogen and oxygen atoms in total. The Bertz CT molecular complexity index is 2420. The Morgan fingerprint density at radius 2 is 1.06 bits per heavy atom. The van der Waals surface area contributed by atoms with E-state index in [0.717, 1.165) is 53.9 Å². The predicted molar refractivity (Wildman–Crippen MR) is 330 cm³/mol. The normalized spacial score (nSPS) is 15.7. The van der Waals surface area contributed by atoms with Gasteiger partial charge in [0.25, 0.3) is 0 Å². The first-order valence-corrected chi connectivity index (χ1v) is 29.3. The highest BCUT2D eigenvalue weighted by Crippen LogP contribution is 2.36. The quantitative estimate of drug-likeness (QED) is 0.179. The van der Waals surface area contributed by atoms with Crippen LogP contribution in [0.15, 0.2) is 114 Å². The number of nitrogens with zero attached hydrogens (tertiary/aromatic N) is 1. The van der Waals surface area contributed by atoms with Crippen molar-refractivity contribution in [3.63, 3.8) is 0 Å². The van der Waals surface area contributed by atoms with E-state index in [9.17, 15) is 13.2 Å². The summed E-state index contributed by atoms with van der Waals surface area (Å²) in [6, 6.07) is 31.3. The fraction of sp³-hybridized carbons (Fsp3) is 0.606. The molecule has 3 aliphatic rings. The molecule has 1 atom stereocenters. The van der Waals surface area contributed by atoms with E-state index in [4.69, 9.17) is 18.6 Å². The summed E-state index contributed by atoms with van der Waals surface area (Å²) in [7, 11) is 2.27. The van der Waals surface area contributed by atoms with Gasteiger partial charge in [-0.1, -0.05) is 192 Å². The molecule has 8 heteroatoms. The summed E-state index contributed by atoms with van der Waals surface area (Å²) in [5, 5.41) is 0. The van der Waals surface area contributed by atoms with Gasteiger partial charge in [-0.3, -0.25) is 4.90 Å². The van der Waals surface area contributed by atoms with Crippen LogP contribution >= 0.6 is 0 Å². The minimum Gasteiger partial charge on any atom is -0.469 e. The molecule has 4 aromatic carbocycles. The third kappa shape index (κ3) is 30.8. The second kappa shape index (κ2) is 31.6. The Balaban J connectivity index is 0.000000316. The van der Waals surface area contributed by atoms with Gasteiger partial charge in [0.15, 0.2) is 11.5 Å². The molecule has 8 rings (SSSR count). The lowest BCUT2D eigenvalue weighted by Crippen LogP contribution is -2.45. The number of hydrogen-bond acceptors (Lipinski definition) is 5. The van der Waals surface area contributed by atoms with Crippen molar-refractivity contribution in [3.05, 3.63) is 155 Å². The summed E-state index contributed by atoms with van der Waals surface area (Å²) in [4.78, 5) is 2.55. The fourth-order valence-electron chi connectivity index (χ4n) is 9.04. The van der Waals surface area contributed by atoms with Gasteiger partial charge in [-0.05, 0) is 176 Å². The summed E-state index contributed by atoms with van der Waals surface area (Å²) >= 11 is 0. The molecular weight excluding hydrogens is 988 g/mol. The second-order valence-corrected chi connectivity index (χ2v) is 29.5. The van der Waals surface area contributed by atoms with Crippen molar-refractivity contribution < 1.29 is 31.8 Å². The number of fused-ring (bicyclic) bond motifs is 1. The lowest BCUT2D eigenvalue weighted by atomic mass is 9.87. The van der Waals surface area contributed by atoms with E-state index in [1.165, 1.54) is 86.8 Å². The molecule has 1 saturated heterocycles. The highest BCUT2D eigenvalue weighted by molar-refractivity contribution is 5.46. The standard InChI is InChI=1S/C11H15F.C11H23N.C11H14O2.2C10H13F.C9H18O.C9H14O/c1-11(2,3)8-9-4-6-10(12)7-5-9;1-11(2,3)12(4)10-8-6-5-7-9-10;1-11(2,3)8-4-5-9-10(6-8)13-7-12-9;1-10(2,3)8-5-4-6-9(11)7-8;1-10(2,3)8-6-4-5-7-9(8)11;2*1-9(2,3)7-8-5-4-6-10-8/h4-7H,8H2,1-3H3;10H,5-9H2,1-4H3;4-6H,7H2,1-3H3;2*4-7H,1-3H3;8H,4-7H2,1-3H3;4-6H,7H2,1-3H3. The van der Waals surface area contributed by atoms with Crippen LogP contribution in [-0.2, 0) is 33.8 Å². The molecule has 2 aliphatic heterocycles. The third-order valence-corrected chi connectivity index (χ3v) is 13.6. The molecule has 0 N–H and O–H groups in total. The molecule has 1 unspecified atom stereocenters. The van der Waals surface area contributed by atoms with Crippen LogP contribution in [-0.4, -0.2) is 43.0 Å². The van der Waals surface area contributed by atoms with Crippen molar-refractivity contribution in [1.29, 1.82) is 0 Å². The molecule has 0 radical (unpaired) electrons. The highest BCUT2D eigenvalue weighted by Gasteiger charge is 2.27. The van der Waals surface area contributed by atoms with Crippen LogP contribution in [0.2, 0.25) is 0 Å². The Hall–Kier alpha value is -4.53. The molecule has 444 valence electrons. The van der Waals surface area contributed by atoms with Gasteiger partial charge >= 0.3 is 0 Å². The van der Waals surface area contributed by atoms with Gasteiger partial charge in [0, 0.05) is 24.6 Å². The predicted octanol–water partition coefficient (Wildman–Crippen LogP) is 20.9. The minimum absolute atomic E-state index is 0.0437. The van der Waals surface area contributed by atoms with Crippen LogP contribution in [0.5, 0.6) is 11.5 Å². The number of hydrogen-bond donors (Lipinski definition) is 0. The van der Waals surface area contributed by atoms with Crippen LogP contribution in [0.4, 0.5) is 13.2 Å². The van der Waals surface area contributed by atoms with E-state index in [1.54, 1.807) is 24.5 Å². The van der Waals surface area contributed by atoms with Crippen LogP contribution in [0.1, 0.15) is 225 Å². The van der Waals surface area contributed by atoms with E-state index in [0.29, 0.717) is 29.3 Å². The van der Waals surface area contributed by atoms with Crippen LogP contribution in [0, 0.1) is 33.7 Å². The Labute approximate surface area is 481 Å². The zero-order chi connectivity index (χ0) is 60.0. The van der Waals surface area contributed by atoms with Gasteiger partial charge in [-0.15, -0.1) is 0 Å². The molecule has 0 bridgehead atoms. The van der Waals surface area contributed by atoms with Gasteiger partial charge in [0.05, 0.1) is 12.4 Å². The highest BCUT2D eigenvalue weighted by atomic mass is 19.1. The third-order valence-electron chi connectivity index (χ3n) is 13.6. The minimum atomic E-state index is -0.160. The topological polar surface area (TPSA) is 44.1 Å². The van der Waals surface area contributed by atoms with E-state index >= 15 is 0 Å². The van der Waals surface area contributed by atoms with Gasteiger partial charge in [0.1, 0.15) is 23.2 Å². The average Bonchev–Trinajstić information content (AvgIpc) is 4.13. The van der Waals surface area contributed by atoms with E-state index in [-0.39, 0.29) is 39.1 Å². The van der Waals surface area contributed by atoms with Gasteiger partial charge in [0.2, 0.25) is 6.79 Å². The lowest BCUT2D eigenvalue weighted by molar-refractivity contribution is 0.0763. The maximum atomic E-state index is 13.1. The molecule has 5 aromatic rings. The first-order chi connectivity index (χ1) is 36.2. The Morgan fingerprint density at radius 1 is 0.494 bits per heavy atom. The van der Waals surface area contributed by atoms with Crippen LogP contribution in [0.25, 0.3) is 0 Å². The van der Waals surface area contributed by atoms with Crippen molar-refractivity contribution in [2.45, 2.75) is 244 Å². The smallest absolute Gasteiger partial charge is 0.231 e. The molecule has 3 heterocycles. The molecule has 2 fully saturated rings. The second-order valence-electron chi connectivity index (χ2n) is 29.5. The Kier molecular flexibility index (Phi) is 28.2. The number of rotatable bonds is 4. The Morgan fingerprint density at radius 3 is 1.51 bits per heavy atom.